The Morgan fingerprint density at radius 3 is 2.76 bits per heavy atom. The van der Waals surface area contributed by atoms with Gasteiger partial charge < -0.3 is 10.1 Å². The summed E-state index contributed by atoms with van der Waals surface area (Å²) in [7, 11) is 0. The summed E-state index contributed by atoms with van der Waals surface area (Å²) in [5, 5.41) is 4.25. The Bertz CT molecular complexity index is 469. The predicted molar refractivity (Wildman–Crippen MR) is 90.1 cm³/mol. The maximum Gasteiger partial charge on any atom is 0.326 e. The number of benzene rings is 1. The third-order valence-electron chi connectivity index (χ3n) is 3.12. The molecule has 2 unspecified atom stereocenters. The first kappa shape index (κ1) is 18.3. The van der Waals surface area contributed by atoms with Gasteiger partial charge in [-0.3, -0.25) is 4.79 Å². The zero-order valence-electron chi connectivity index (χ0n) is 13.1. The molecule has 0 aliphatic heterocycles. The Kier molecular flexibility index (Phi) is 7.57. The second-order valence-electron chi connectivity index (χ2n) is 5.17. The minimum absolute atomic E-state index is 0.189. The highest BCUT2D eigenvalue weighted by atomic mass is 35.5. The third-order valence-corrected chi connectivity index (χ3v) is 4.45. The van der Waals surface area contributed by atoms with Crippen LogP contribution in [0.2, 0.25) is 5.02 Å². The number of halogens is 1. The molecule has 0 bridgehead atoms. The SMILES string of the molecule is CCNC(C)(CC(C)Sc1cccc(Cl)c1)C(=O)OCC. The summed E-state index contributed by atoms with van der Waals surface area (Å²) in [4.78, 5) is 13.3. The number of thioether (sulfide) groups is 1. The standard InChI is InChI=1S/C16H24ClNO2S/c1-5-18-16(4,15(19)20-6-2)11-12(3)21-14-9-7-8-13(17)10-14/h7-10,12,18H,5-6,11H2,1-4H3. The van der Waals surface area contributed by atoms with Crippen LogP contribution in [0, 0.1) is 0 Å². The molecule has 1 rings (SSSR count). The molecule has 0 fully saturated rings. The Morgan fingerprint density at radius 1 is 1.48 bits per heavy atom. The van der Waals surface area contributed by atoms with E-state index in [2.05, 4.69) is 12.2 Å². The van der Waals surface area contributed by atoms with Crippen molar-refractivity contribution in [3.63, 3.8) is 0 Å². The fourth-order valence-corrected chi connectivity index (χ4v) is 3.79. The van der Waals surface area contributed by atoms with Gasteiger partial charge in [0.25, 0.3) is 0 Å². The van der Waals surface area contributed by atoms with Crippen LogP contribution in [0.5, 0.6) is 0 Å². The largest absolute Gasteiger partial charge is 0.465 e. The molecule has 0 amide bonds. The van der Waals surface area contributed by atoms with Gasteiger partial charge in [-0.15, -0.1) is 11.8 Å². The highest BCUT2D eigenvalue weighted by Gasteiger charge is 2.35. The van der Waals surface area contributed by atoms with Gasteiger partial charge in [-0.1, -0.05) is 31.5 Å². The van der Waals surface area contributed by atoms with Crippen LogP contribution >= 0.6 is 23.4 Å². The number of esters is 1. The number of carbonyl (C=O) groups excluding carboxylic acids is 1. The highest BCUT2D eigenvalue weighted by molar-refractivity contribution is 8.00. The number of likely N-dealkylation sites (N-methyl/N-ethyl adjacent to an activating group) is 1. The van der Waals surface area contributed by atoms with Gasteiger partial charge in [-0.25, -0.2) is 0 Å². The predicted octanol–water partition coefficient (Wildman–Crippen LogP) is 4.14. The molecule has 1 aromatic rings. The van der Waals surface area contributed by atoms with E-state index in [4.69, 9.17) is 16.3 Å². The average Bonchev–Trinajstić information content (AvgIpc) is 2.38. The third kappa shape index (κ3) is 5.89. The number of nitrogens with one attached hydrogen (secondary N) is 1. The Labute approximate surface area is 136 Å². The van der Waals surface area contributed by atoms with E-state index in [1.165, 1.54) is 0 Å². The van der Waals surface area contributed by atoms with Gasteiger partial charge in [0.1, 0.15) is 5.54 Å². The fraction of sp³-hybridized carbons (Fsp3) is 0.562. The van der Waals surface area contributed by atoms with E-state index in [0.29, 0.717) is 13.0 Å². The van der Waals surface area contributed by atoms with Crippen molar-refractivity contribution < 1.29 is 9.53 Å². The summed E-state index contributed by atoms with van der Waals surface area (Å²) in [6.45, 7) is 8.96. The van der Waals surface area contributed by atoms with Gasteiger partial charge in [-0.05, 0) is 45.0 Å². The van der Waals surface area contributed by atoms with Gasteiger partial charge in [0.05, 0.1) is 6.61 Å². The van der Waals surface area contributed by atoms with Crippen molar-refractivity contribution in [2.75, 3.05) is 13.2 Å². The van der Waals surface area contributed by atoms with Crippen molar-refractivity contribution in [3.8, 4) is 0 Å². The molecule has 0 radical (unpaired) electrons. The lowest BCUT2D eigenvalue weighted by atomic mass is 9.96. The number of ether oxygens (including phenoxy) is 1. The number of carbonyl (C=O) groups is 1. The quantitative estimate of drug-likeness (QED) is 0.574. The van der Waals surface area contributed by atoms with E-state index in [1.807, 2.05) is 45.0 Å². The van der Waals surface area contributed by atoms with Crippen molar-refractivity contribution in [3.05, 3.63) is 29.3 Å². The Hall–Kier alpha value is -0.710. The molecule has 1 N–H and O–H groups in total. The molecule has 5 heteroatoms. The van der Waals surface area contributed by atoms with E-state index in [9.17, 15) is 4.79 Å². The zero-order valence-corrected chi connectivity index (χ0v) is 14.7. The molecule has 3 nitrogen and oxygen atoms in total. The minimum atomic E-state index is -0.657. The van der Waals surface area contributed by atoms with E-state index >= 15 is 0 Å². The first-order chi connectivity index (χ1) is 9.91. The van der Waals surface area contributed by atoms with Crippen LogP contribution in [0.25, 0.3) is 0 Å². The summed E-state index contributed by atoms with van der Waals surface area (Å²) >= 11 is 7.72. The smallest absolute Gasteiger partial charge is 0.326 e. The molecule has 0 heterocycles. The van der Waals surface area contributed by atoms with Crippen LogP contribution in [0.1, 0.15) is 34.1 Å². The summed E-state index contributed by atoms with van der Waals surface area (Å²) in [6.07, 6.45) is 0.691. The lowest BCUT2D eigenvalue weighted by Crippen LogP contribution is -2.51. The van der Waals surface area contributed by atoms with Gasteiger partial charge in [0, 0.05) is 15.2 Å². The first-order valence-corrected chi connectivity index (χ1v) is 8.51. The second kappa shape index (κ2) is 8.66. The molecule has 118 valence electrons. The molecular formula is C16H24ClNO2S. The highest BCUT2D eigenvalue weighted by Crippen LogP contribution is 2.30. The molecule has 0 aliphatic carbocycles. The van der Waals surface area contributed by atoms with Crippen molar-refractivity contribution in [2.24, 2.45) is 0 Å². The second-order valence-corrected chi connectivity index (χ2v) is 7.12. The van der Waals surface area contributed by atoms with E-state index < -0.39 is 5.54 Å². The van der Waals surface area contributed by atoms with Crippen LogP contribution in [-0.2, 0) is 9.53 Å². The monoisotopic (exact) mass is 329 g/mol. The van der Waals surface area contributed by atoms with Gasteiger partial charge in [0.2, 0.25) is 0 Å². The molecule has 21 heavy (non-hydrogen) atoms. The topological polar surface area (TPSA) is 38.3 Å². The Balaban J connectivity index is 2.72. The number of hydrogen-bond donors (Lipinski definition) is 1. The number of rotatable bonds is 8. The Morgan fingerprint density at radius 2 is 2.19 bits per heavy atom. The van der Waals surface area contributed by atoms with Crippen molar-refractivity contribution >= 4 is 29.3 Å². The van der Waals surface area contributed by atoms with E-state index in [0.717, 1.165) is 16.5 Å². The molecular weight excluding hydrogens is 306 g/mol. The molecule has 2 atom stereocenters. The fourth-order valence-electron chi connectivity index (χ4n) is 2.30. The molecule has 0 saturated heterocycles. The summed E-state index contributed by atoms with van der Waals surface area (Å²) in [6, 6.07) is 7.77. The van der Waals surface area contributed by atoms with Crippen LogP contribution in [-0.4, -0.2) is 29.9 Å². The number of hydrogen-bond acceptors (Lipinski definition) is 4. The van der Waals surface area contributed by atoms with Crippen LogP contribution in [0.15, 0.2) is 29.2 Å². The van der Waals surface area contributed by atoms with Crippen LogP contribution in [0.3, 0.4) is 0 Å². The normalized spacial score (nSPS) is 15.3. The lowest BCUT2D eigenvalue weighted by molar-refractivity contribution is -0.150. The van der Waals surface area contributed by atoms with Gasteiger partial charge in [0.15, 0.2) is 0 Å². The zero-order chi connectivity index (χ0) is 15.9. The van der Waals surface area contributed by atoms with Crippen molar-refractivity contribution in [1.29, 1.82) is 0 Å². The summed E-state index contributed by atoms with van der Waals surface area (Å²) in [5.41, 5.74) is -0.657. The minimum Gasteiger partial charge on any atom is -0.465 e. The molecule has 0 saturated carbocycles. The molecule has 1 aromatic carbocycles. The summed E-state index contributed by atoms with van der Waals surface area (Å²) < 4.78 is 5.20. The maximum absolute atomic E-state index is 12.2. The van der Waals surface area contributed by atoms with E-state index in [-0.39, 0.29) is 11.2 Å². The van der Waals surface area contributed by atoms with Crippen molar-refractivity contribution in [1.82, 2.24) is 5.32 Å². The lowest BCUT2D eigenvalue weighted by Gasteiger charge is -2.30. The molecule has 0 spiro atoms. The first-order valence-electron chi connectivity index (χ1n) is 7.25. The molecule has 0 aliphatic rings. The van der Waals surface area contributed by atoms with Crippen LogP contribution < -0.4 is 5.32 Å². The van der Waals surface area contributed by atoms with Gasteiger partial charge in [-0.2, -0.15) is 0 Å². The van der Waals surface area contributed by atoms with Crippen LogP contribution in [0.4, 0.5) is 0 Å². The average molecular weight is 330 g/mol. The van der Waals surface area contributed by atoms with E-state index in [1.54, 1.807) is 11.8 Å². The maximum atomic E-state index is 12.2. The van der Waals surface area contributed by atoms with Gasteiger partial charge >= 0.3 is 5.97 Å². The summed E-state index contributed by atoms with van der Waals surface area (Å²) in [5.74, 6) is -0.189. The van der Waals surface area contributed by atoms with Crippen molar-refractivity contribution in [2.45, 2.75) is 49.8 Å². The molecule has 0 aromatic heterocycles.